The number of thiazole rings is 1. The third-order valence-electron chi connectivity index (χ3n) is 6.21. The number of fused-ring (bicyclic) bond motifs is 2. The molecule has 192 valence electrons. The zero-order valence-corrected chi connectivity index (χ0v) is 21.5. The lowest BCUT2D eigenvalue weighted by molar-refractivity contribution is 0.0940. The highest BCUT2D eigenvalue weighted by molar-refractivity contribution is 7.10. The van der Waals surface area contributed by atoms with E-state index in [9.17, 15) is 9.59 Å². The number of nitrogens with one attached hydrogen (secondary N) is 1. The van der Waals surface area contributed by atoms with Crippen molar-refractivity contribution in [1.29, 1.82) is 0 Å². The quantitative estimate of drug-likeness (QED) is 0.328. The first-order chi connectivity index (χ1) is 19.0. The molecule has 0 unspecified atom stereocenters. The fourth-order valence-electron chi connectivity index (χ4n) is 4.46. The van der Waals surface area contributed by atoms with Gasteiger partial charge in [0.1, 0.15) is 16.4 Å². The zero-order chi connectivity index (χ0) is 26.9. The maximum absolute atomic E-state index is 14.1. The molecule has 0 aliphatic rings. The Balaban J connectivity index is 1.47. The second-order valence-electron chi connectivity index (χ2n) is 8.73. The second kappa shape index (κ2) is 9.95. The normalized spacial score (nSPS) is 12.3. The number of nitrogens with zero attached hydrogens (tertiary/aromatic N) is 6. The largest absolute Gasteiger partial charge is 0.381 e. The molecule has 0 spiro atoms. The number of aromatic nitrogens is 6. The van der Waals surface area contributed by atoms with Crippen LogP contribution in [-0.2, 0) is 0 Å². The summed E-state index contributed by atoms with van der Waals surface area (Å²) in [6.07, 6.45) is 8.70. The highest BCUT2D eigenvalue weighted by Crippen LogP contribution is 2.23. The summed E-state index contributed by atoms with van der Waals surface area (Å²) in [6.45, 7) is 1.77. The Morgan fingerprint density at radius 1 is 1.05 bits per heavy atom. The number of carbonyl (C=O) groups excluding carboxylic acids is 1. The standard InChI is InChI=1S/C28H22N8O2S/c1-17(32-27(37)23-24(29)34-35-15-6-13-31-26(23)35)25-33-20-10-5-7-18(11-12-21-30-14-16-39-21)22(20)28(38)36(25)19-8-3-2-4-9-19/h2-17H,1H3,(H2,29,34)(H,32,37)/t17-/m1/s1. The van der Waals surface area contributed by atoms with Gasteiger partial charge in [0.05, 0.1) is 22.6 Å². The summed E-state index contributed by atoms with van der Waals surface area (Å²) in [7, 11) is 0. The number of nitrogen functional groups attached to an aromatic ring is 1. The molecule has 0 aliphatic heterocycles. The zero-order valence-electron chi connectivity index (χ0n) is 20.7. The highest BCUT2D eigenvalue weighted by Gasteiger charge is 2.24. The van der Waals surface area contributed by atoms with Gasteiger partial charge in [0, 0.05) is 24.0 Å². The summed E-state index contributed by atoms with van der Waals surface area (Å²) in [4.78, 5) is 40.9. The highest BCUT2D eigenvalue weighted by atomic mass is 32.1. The number of anilines is 1. The summed E-state index contributed by atoms with van der Waals surface area (Å²) >= 11 is 1.51. The molecule has 39 heavy (non-hydrogen) atoms. The van der Waals surface area contributed by atoms with E-state index >= 15 is 0 Å². The van der Waals surface area contributed by atoms with Gasteiger partial charge in [-0.3, -0.25) is 14.2 Å². The van der Waals surface area contributed by atoms with Gasteiger partial charge >= 0.3 is 0 Å². The molecule has 3 N–H and O–H groups in total. The third kappa shape index (κ3) is 4.44. The molecule has 1 amide bonds. The first-order valence-electron chi connectivity index (χ1n) is 12.1. The molecule has 4 aromatic heterocycles. The molecule has 6 rings (SSSR count). The second-order valence-corrected chi connectivity index (χ2v) is 9.66. The summed E-state index contributed by atoms with van der Waals surface area (Å²) in [5, 5.41) is 10.3. The van der Waals surface area contributed by atoms with Crippen molar-refractivity contribution in [3.05, 3.63) is 111 Å². The predicted octanol–water partition coefficient (Wildman–Crippen LogP) is 4.13. The van der Waals surface area contributed by atoms with Crippen molar-refractivity contribution in [2.45, 2.75) is 13.0 Å². The Kier molecular flexibility index (Phi) is 6.17. The minimum Gasteiger partial charge on any atom is -0.381 e. The number of carbonyl (C=O) groups is 1. The summed E-state index contributed by atoms with van der Waals surface area (Å²) in [5.74, 6) is -0.0409. The topological polar surface area (TPSA) is 133 Å². The number of nitrogens with two attached hydrogens (primary N) is 1. The minimum absolute atomic E-state index is 0.0574. The molecule has 0 aliphatic carbocycles. The van der Waals surface area contributed by atoms with Crippen molar-refractivity contribution < 1.29 is 4.79 Å². The fraction of sp³-hybridized carbons (Fsp3) is 0.0714. The molecular formula is C28H22N8O2S. The van der Waals surface area contributed by atoms with E-state index in [0.717, 1.165) is 10.6 Å². The van der Waals surface area contributed by atoms with Crippen molar-refractivity contribution >= 4 is 51.8 Å². The van der Waals surface area contributed by atoms with Crippen molar-refractivity contribution in [3.8, 4) is 5.69 Å². The van der Waals surface area contributed by atoms with Gasteiger partial charge in [-0.25, -0.2) is 19.5 Å². The molecular weight excluding hydrogens is 512 g/mol. The lowest BCUT2D eigenvalue weighted by atomic mass is 10.1. The Bertz CT molecular complexity index is 1910. The number of benzene rings is 2. The van der Waals surface area contributed by atoms with E-state index in [2.05, 4.69) is 20.4 Å². The molecule has 0 saturated carbocycles. The molecule has 0 radical (unpaired) electrons. The first kappa shape index (κ1) is 24.2. The van der Waals surface area contributed by atoms with Crippen molar-refractivity contribution in [2.75, 3.05) is 5.73 Å². The Hall–Kier alpha value is -5.16. The van der Waals surface area contributed by atoms with Gasteiger partial charge in [-0.1, -0.05) is 36.4 Å². The summed E-state index contributed by atoms with van der Waals surface area (Å²) in [5.41, 5.74) is 8.16. The van der Waals surface area contributed by atoms with Crippen LogP contribution in [0.5, 0.6) is 0 Å². The molecule has 1 atom stereocenters. The predicted molar refractivity (Wildman–Crippen MR) is 152 cm³/mol. The van der Waals surface area contributed by atoms with E-state index in [-0.39, 0.29) is 16.9 Å². The number of amides is 1. The lowest BCUT2D eigenvalue weighted by Crippen LogP contribution is -2.33. The van der Waals surface area contributed by atoms with Crippen LogP contribution in [0.25, 0.3) is 34.4 Å². The van der Waals surface area contributed by atoms with Crippen LogP contribution in [0.15, 0.2) is 83.4 Å². The average molecular weight is 535 g/mol. The van der Waals surface area contributed by atoms with E-state index in [1.807, 2.05) is 60.0 Å². The first-order valence-corrected chi connectivity index (χ1v) is 13.0. The van der Waals surface area contributed by atoms with Crippen molar-refractivity contribution in [2.24, 2.45) is 0 Å². The van der Waals surface area contributed by atoms with Gasteiger partial charge in [0.25, 0.3) is 11.5 Å². The van der Waals surface area contributed by atoms with Crippen LogP contribution in [0.2, 0.25) is 0 Å². The Morgan fingerprint density at radius 3 is 2.69 bits per heavy atom. The third-order valence-corrected chi connectivity index (χ3v) is 6.95. The van der Waals surface area contributed by atoms with Gasteiger partial charge in [0.15, 0.2) is 11.5 Å². The van der Waals surface area contributed by atoms with Crippen LogP contribution in [0.3, 0.4) is 0 Å². The maximum atomic E-state index is 14.1. The fourth-order valence-corrected chi connectivity index (χ4v) is 4.99. The van der Waals surface area contributed by atoms with Crippen LogP contribution < -0.4 is 16.6 Å². The lowest BCUT2D eigenvalue weighted by Gasteiger charge is -2.20. The number of hydrogen-bond donors (Lipinski definition) is 2. The van der Waals surface area contributed by atoms with Gasteiger partial charge in [-0.15, -0.1) is 16.4 Å². The van der Waals surface area contributed by atoms with Crippen molar-refractivity contribution in [3.63, 3.8) is 0 Å². The minimum atomic E-state index is -0.664. The molecule has 4 heterocycles. The van der Waals surface area contributed by atoms with Crippen LogP contribution in [0.4, 0.5) is 5.82 Å². The van der Waals surface area contributed by atoms with E-state index < -0.39 is 11.9 Å². The van der Waals surface area contributed by atoms with Crippen LogP contribution in [0, 0.1) is 0 Å². The number of hydrogen-bond acceptors (Lipinski definition) is 8. The molecule has 11 heteroatoms. The molecule has 10 nitrogen and oxygen atoms in total. The smallest absolute Gasteiger partial charge is 0.266 e. The van der Waals surface area contributed by atoms with E-state index in [0.29, 0.717) is 28.1 Å². The van der Waals surface area contributed by atoms with Gasteiger partial charge in [-0.05, 0) is 42.8 Å². The van der Waals surface area contributed by atoms with E-state index in [1.54, 1.807) is 37.6 Å². The molecule has 6 aromatic rings. The number of para-hydroxylation sites is 1. The van der Waals surface area contributed by atoms with Crippen molar-refractivity contribution in [1.82, 2.24) is 34.4 Å². The monoisotopic (exact) mass is 534 g/mol. The molecule has 2 aromatic carbocycles. The average Bonchev–Trinajstić information content (AvgIpc) is 3.59. The Labute approximate surface area is 226 Å². The summed E-state index contributed by atoms with van der Waals surface area (Å²) < 4.78 is 2.98. The SMILES string of the molecule is C[C@@H](NC(=O)c1c(N)nn2cccnc12)c1nc2cccc(C=Cc3nccs3)c2c(=O)n1-c1ccccc1. The van der Waals surface area contributed by atoms with Gasteiger partial charge in [0.2, 0.25) is 0 Å². The van der Waals surface area contributed by atoms with Gasteiger partial charge in [-0.2, -0.15) is 0 Å². The summed E-state index contributed by atoms with van der Waals surface area (Å²) in [6, 6.07) is 15.8. The molecule has 0 bridgehead atoms. The molecule has 0 saturated heterocycles. The Morgan fingerprint density at radius 2 is 1.90 bits per heavy atom. The number of rotatable bonds is 6. The van der Waals surface area contributed by atoms with Gasteiger partial charge < -0.3 is 11.1 Å². The van der Waals surface area contributed by atoms with E-state index in [4.69, 9.17) is 10.7 Å². The van der Waals surface area contributed by atoms with Crippen LogP contribution >= 0.6 is 11.3 Å². The maximum Gasteiger partial charge on any atom is 0.266 e. The molecule has 0 fully saturated rings. The van der Waals surface area contributed by atoms with E-state index in [1.165, 1.54) is 20.4 Å². The van der Waals surface area contributed by atoms with Crippen LogP contribution in [-0.4, -0.2) is 35.0 Å². The van der Waals surface area contributed by atoms with Crippen LogP contribution in [0.1, 0.15) is 39.7 Å².